The Bertz CT molecular complexity index is 809. The average Bonchev–Trinajstić information content (AvgIpc) is 3.16. The summed E-state index contributed by atoms with van der Waals surface area (Å²) >= 11 is 2.71. The molecular weight excluding hydrogens is 316 g/mol. The first-order chi connectivity index (χ1) is 10.7. The van der Waals surface area contributed by atoms with Gasteiger partial charge in [0.1, 0.15) is 9.88 Å². The molecule has 7 heteroatoms. The van der Waals surface area contributed by atoms with Crippen molar-refractivity contribution in [1.82, 2.24) is 14.6 Å². The van der Waals surface area contributed by atoms with Crippen LogP contribution in [0.1, 0.15) is 28.0 Å². The van der Waals surface area contributed by atoms with E-state index in [0.717, 1.165) is 39.2 Å². The van der Waals surface area contributed by atoms with Crippen molar-refractivity contribution in [3.63, 3.8) is 0 Å². The van der Waals surface area contributed by atoms with E-state index < -0.39 is 0 Å². The summed E-state index contributed by atoms with van der Waals surface area (Å²) in [6.45, 7) is 3.92. The Balaban J connectivity index is 1.82. The lowest BCUT2D eigenvalue weighted by molar-refractivity contribution is 0.102. The number of nitrogens with one attached hydrogen (secondary N) is 1. The fraction of sp³-hybridized carbons (Fsp3) is 0.200. The van der Waals surface area contributed by atoms with Gasteiger partial charge in [-0.25, -0.2) is 4.98 Å². The zero-order valence-corrected chi connectivity index (χ0v) is 13.8. The number of aryl methyl sites for hydroxylation is 2. The molecule has 0 aliphatic rings. The molecule has 1 N–H and O–H groups in total. The smallest absolute Gasteiger partial charge is 0.269 e. The highest BCUT2D eigenvalue weighted by Crippen LogP contribution is 2.26. The molecule has 22 heavy (non-hydrogen) atoms. The zero-order valence-electron chi connectivity index (χ0n) is 12.2. The number of amides is 1. The van der Waals surface area contributed by atoms with Gasteiger partial charge in [0.05, 0.1) is 5.69 Å². The monoisotopic (exact) mass is 330 g/mol. The standard InChI is InChI=1S/C15H14N4OS2/c1-3-12-13(22-19-18-12)14(20)17-11-6-4-5-10(7-11)15-16-9(2)8-21-15/h4-8H,3H2,1-2H3,(H,17,20). The van der Waals surface area contributed by atoms with E-state index in [0.29, 0.717) is 11.3 Å². The first-order valence-electron chi connectivity index (χ1n) is 6.82. The number of nitrogens with zero attached hydrogens (tertiary/aromatic N) is 3. The van der Waals surface area contributed by atoms with Gasteiger partial charge in [-0.3, -0.25) is 4.79 Å². The number of thiazole rings is 1. The van der Waals surface area contributed by atoms with Gasteiger partial charge in [0.25, 0.3) is 5.91 Å². The molecule has 1 aromatic carbocycles. The maximum atomic E-state index is 12.3. The minimum absolute atomic E-state index is 0.167. The largest absolute Gasteiger partial charge is 0.321 e. The lowest BCUT2D eigenvalue weighted by Crippen LogP contribution is -2.12. The lowest BCUT2D eigenvalue weighted by atomic mass is 10.2. The van der Waals surface area contributed by atoms with E-state index in [9.17, 15) is 4.79 Å². The molecule has 3 aromatic rings. The van der Waals surface area contributed by atoms with Crippen molar-refractivity contribution in [2.24, 2.45) is 0 Å². The summed E-state index contributed by atoms with van der Waals surface area (Å²) in [4.78, 5) is 17.3. The van der Waals surface area contributed by atoms with Crippen molar-refractivity contribution in [3.8, 4) is 10.6 Å². The topological polar surface area (TPSA) is 67.8 Å². The van der Waals surface area contributed by atoms with Crippen LogP contribution >= 0.6 is 22.9 Å². The van der Waals surface area contributed by atoms with Crippen LogP contribution in [0.3, 0.4) is 0 Å². The summed E-state index contributed by atoms with van der Waals surface area (Å²) in [7, 11) is 0. The van der Waals surface area contributed by atoms with Crippen molar-refractivity contribution in [2.75, 3.05) is 5.32 Å². The van der Waals surface area contributed by atoms with E-state index in [1.54, 1.807) is 11.3 Å². The molecule has 5 nitrogen and oxygen atoms in total. The highest BCUT2D eigenvalue weighted by atomic mass is 32.1. The molecule has 0 unspecified atom stereocenters. The Morgan fingerprint density at radius 3 is 2.95 bits per heavy atom. The predicted molar refractivity (Wildman–Crippen MR) is 89.5 cm³/mol. The Kier molecular flexibility index (Phi) is 4.26. The van der Waals surface area contributed by atoms with Crippen LogP contribution in [0.5, 0.6) is 0 Å². The second kappa shape index (κ2) is 6.33. The van der Waals surface area contributed by atoms with Crippen LogP contribution in [0.15, 0.2) is 29.6 Å². The van der Waals surface area contributed by atoms with E-state index in [4.69, 9.17) is 0 Å². The van der Waals surface area contributed by atoms with Gasteiger partial charge in [-0.2, -0.15) is 0 Å². The van der Waals surface area contributed by atoms with Crippen LogP contribution in [-0.4, -0.2) is 20.5 Å². The molecule has 2 aromatic heterocycles. The molecule has 0 bridgehead atoms. The third-order valence-corrected chi connectivity index (χ3v) is 4.86. The van der Waals surface area contributed by atoms with Crippen molar-refractivity contribution < 1.29 is 4.79 Å². The maximum absolute atomic E-state index is 12.3. The number of aromatic nitrogens is 3. The molecule has 0 saturated carbocycles. The van der Waals surface area contributed by atoms with Crippen LogP contribution < -0.4 is 5.32 Å². The van der Waals surface area contributed by atoms with E-state index in [1.165, 1.54) is 0 Å². The molecule has 0 atom stereocenters. The molecule has 0 fully saturated rings. The third kappa shape index (κ3) is 3.05. The summed E-state index contributed by atoms with van der Waals surface area (Å²) < 4.78 is 3.85. The summed E-state index contributed by atoms with van der Waals surface area (Å²) in [5, 5.41) is 9.83. The molecule has 0 spiro atoms. The molecule has 0 aliphatic carbocycles. The second-order valence-corrected chi connectivity index (χ2v) is 6.34. The molecule has 3 rings (SSSR count). The molecule has 1 amide bonds. The Hall–Kier alpha value is -2.12. The van der Waals surface area contributed by atoms with Crippen LogP contribution in [0.2, 0.25) is 0 Å². The third-order valence-electron chi connectivity index (χ3n) is 3.08. The van der Waals surface area contributed by atoms with Crippen molar-refractivity contribution in [3.05, 3.63) is 45.9 Å². The van der Waals surface area contributed by atoms with Crippen molar-refractivity contribution >= 4 is 34.5 Å². The van der Waals surface area contributed by atoms with Crippen LogP contribution in [0, 0.1) is 6.92 Å². The van der Waals surface area contributed by atoms with E-state index in [1.807, 2.05) is 43.5 Å². The number of hydrogen-bond donors (Lipinski definition) is 1. The molecule has 0 radical (unpaired) electrons. The predicted octanol–water partition coefficient (Wildman–Crippen LogP) is 3.78. The Morgan fingerprint density at radius 2 is 2.23 bits per heavy atom. The number of anilines is 1. The van der Waals surface area contributed by atoms with Gasteiger partial charge in [0.2, 0.25) is 0 Å². The SMILES string of the molecule is CCc1nnsc1C(=O)Nc1cccc(-c2nc(C)cs2)c1. The van der Waals surface area contributed by atoms with Gasteiger partial charge in [-0.05, 0) is 37.0 Å². The van der Waals surface area contributed by atoms with E-state index in [2.05, 4.69) is 19.9 Å². The molecule has 112 valence electrons. The molecule has 0 saturated heterocycles. The van der Waals surface area contributed by atoms with Crippen LogP contribution in [0.25, 0.3) is 10.6 Å². The first kappa shape index (κ1) is 14.8. The van der Waals surface area contributed by atoms with E-state index in [-0.39, 0.29) is 5.91 Å². The van der Waals surface area contributed by atoms with Crippen molar-refractivity contribution in [2.45, 2.75) is 20.3 Å². The second-order valence-electron chi connectivity index (χ2n) is 4.73. The lowest BCUT2D eigenvalue weighted by Gasteiger charge is -2.05. The average molecular weight is 330 g/mol. The minimum Gasteiger partial charge on any atom is -0.321 e. The fourth-order valence-electron chi connectivity index (χ4n) is 2.02. The first-order valence-corrected chi connectivity index (χ1v) is 8.48. The molecule has 0 aliphatic heterocycles. The van der Waals surface area contributed by atoms with Gasteiger partial charge in [-0.1, -0.05) is 23.5 Å². The van der Waals surface area contributed by atoms with Crippen molar-refractivity contribution in [1.29, 1.82) is 0 Å². The Labute approximate surface area is 136 Å². The van der Waals surface area contributed by atoms with E-state index >= 15 is 0 Å². The Morgan fingerprint density at radius 1 is 1.36 bits per heavy atom. The highest BCUT2D eigenvalue weighted by molar-refractivity contribution is 7.13. The summed E-state index contributed by atoms with van der Waals surface area (Å²) in [6.07, 6.45) is 0.692. The van der Waals surface area contributed by atoms with Gasteiger partial charge in [0, 0.05) is 22.3 Å². The maximum Gasteiger partial charge on any atom is 0.269 e. The fourth-order valence-corrected chi connectivity index (χ4v) is 3.46. The number of benzene rings is 1. The normalized spacial score (nSPS) is 10.6. The summed E-state index contributed by atoms with van der Waals surface area (Å²) in [5.74, 6) is -0.167. The molecule has 2 heterocycles. The number of hydrogen-bond acceptors (Lipinski definition) is 6. The quantitative estimate of drug-likeness (QED) is 0.790. The number of rotatable bonds is 4. The zero-order chi connectivity index (χ0) is 15.5. The van der Waals surface area contributed by atoms with Gasteiger partial charge < -0.3 is 5.32 Å². The van der Waals surface area contributed by atoms with Crippen LogP contribution in [0.4, 0.5) is 5.69 Å². The summed E-state index contributed by atoms with van der Waals surface area (Å²) in [5.41, 5.74) is 3.46. The number of carbonyl (C=O) groups is 1. The summed E-state index contributed by atoms with van der Waals surface area (Å²) in [6, 6.07) is 7.69. The highest BCUT2D eigenvalue weighted by Gasteiger charge is 2.15. The van der Waals surface area contributed by atoms with Gasteiger partial charge in [0.15, 0.2) is 0 Å². The minimum atomic E-state index is -0.167. The number of carbonyl (C=O) groups excluding carboxylic acids is 1. The van der Waals surface area contributed by atoms with Crippen LogP contribution in [-0.2, 0) is 6.42 Å². The molecular formula is C15H14N4OS2. The van der Waals surface area contributed by atoms with Gasteiger partial charge in [-0.15, -0.1) is 16.4 Å². The van der Waals surface area contributed by atoms with Gasteiger partial charge >= 0.3 is 0 Å².